The van der Waals surface area contributed by atoms with Crippen LogP contribution in [-0.4, -0.2) is 13.7 Å². The lowest BCUT2D eigenvalue weighted by atomic mass is 10.2. The van der Waals surface area contributed by atoms with Gasteiger partial charge in [0.15, 0.2) is 0 Å². The zero-order valence-electron chi connectivity index (χ0n) is 8.95. The smallest absolute Gasteiger partial charge is 0.143 e. The molecule has 3 heteroatoms. The van der Waals surface area contributed by atoms with Crippen molar-refractivity contribution in [3.63, 3.8) is 0 Å². The maximum atomic E-state index is 8.73. The third-order valence-electron chi connectivity index (χ3n) is 1.98. The predicted octanol–water partition coefficient (Wildman–Crippen LogP) is 2.55. The molecule has 0 aliphatic heterocycles. The molecule has 0 spiro atoms. The van der Waals surface area contributed by atoms with Crippen molar-refractivity contribution in [2.24, 2.45) is 0 Å². The van der Waals surface area contributed by atoms with E-state index in [2.05, 4.69) is 11.4 Å². The second-order valence-corrected chi connectivity index (χ2v) is 2.98. The molecule has 15 heavy (non-hydrogen) atoms. The largest absolute Gasteiger partial charge is 0.495 e. The highest BCUT2D eigenvalue weighted by atomic mass is 16.5. The summed E-state index contributed by atoms with van der Waals surface area (Å²) in [6.07, 6.45) is 3.99. The third kappa shape index (κ3) is 3.03. The van der Waals surface area contributed by atoms with Gasteiger partial charge in [-0.25, -0.2) is 0 Å². The lowest BCUT2D eigenvalue weighted by Crippen LogP contribution is -2.00. The average Bonchev–Trinajstić information content (AvgIpc) is 2.29. The summed E-state index contributed by atoms with van der Waals surface area (Å²) in [7, 11) is 1.59. The van der Waals surface area contributed by atoms with Crippen LogP contribution in [0.25, 0.3) is 0 Å². The Morgan fingerprint density at radius 1 is 1.53 bits per heavy atom. The van der Waals surface area contributed by atoms with Crippen LogP contribution in [0.4, 0.5) is 5.69 Å². The average molecular weight is 202 g/mol. The summed E-state index contributed by atoms with van der Waals surface area (Å²) in [6, 6.07) is 7.41. The first-order chi connectivity index (χ1) is 7.31. The number of benzene rings is 1. The molecule has 0 radical (unpaired) electrons. The Hall–Kier alpha value is -1.95. The number of hydrogen-bond donors (Lipinski definition) is 1. The molecule has 1 aromatic rings. The lowest BCUT2D eigenvalue weighted by Gasteiger charge is -2.09. The maximum Gasteiger partial charge on any atom is 0.143 e. The van der Waals surface area contributed by atoms with Crippen molar-refractivity contribution in [3.8, 4) is 11.8 Å². The van der Waals surface area contributed by atoms with Crippen LogP contribution in [0.5, 0.6) is 5.75 Å². The monoisotopic (exact) mass is 202 g/mol. The third-order valence-corrected chi connectivity index (χ3v) is 1.98. The molecule has 0 atom stereocenters. The molecule has 3 nitrogen and oxygen atoms in total. The molecule has 0 unspecified atom stereocenters. The van der Waals surface area contributed by atoms with Gasteiger partial charge in [-0.2, -0.15) is 5.26 Å². The molecule has 1 rings (SSSR count). The first kappa shape index (κ1) is 11.1. The molecule has 78 valence electrons. The molecule has 0 saturated heterocycles. The first-order valence-electron chi connectivity index (χ1n) is 4.75. The number of hydrogen-bond acceptors (Lipinski definition) is 3. The maximum absolute atomic E-state index is 8.73. The summed E-state index contributed by atoms with van der Waals surface area (Å²) in [6.45, 7) is 2.72. The van der Waals surface area contributed by atoms with Gasteiger partial charge in [-0.3, -0.25) is 0 Å². The number of nitrogens with one attached hydrogen (secondary N) is 1. The molecular weight excluding hydrogens is 188 g/mol. The molecule has 0 aliphatic rings. The van der Waals surface area contributed by atoms with E-state index in [1.807, 2.05) is 25.1 Å². The lowest BCUT2D eigenvalue weighted by molar-refractivity contribution is 0.416. The van der Waals surface area contributed by atoms with Gasteiger partial charge in [0.05, 0.1) is 24.4 Å². The zero-order valence-corrected chi connectivity index (χ0v) is 8.95. The Balaban J connectivity index is 2.83. The van der Waals surface area contributed by atoms with Crippen LogP contribution in [0.2, 0.25) is 0 Å². The minimum Gasteiger partial charge on any atom is -0.495 e. The molecule has 0 aromatic heterocycles. The van der Waals surface area contributed by atoms with Gasteiger partial charge >= 0.3 is 0 Å². The summed E-state index contributed by atoms with van der Waals surface area (Å²) in [4.78, 5) is 0. The van der Waals surface area contributed by atoms with Crippen molar-refractivity contribution in [1.29, 1.82) is 5.26 Å². The molecule has 0 fully saturated rings. The Kier molecular flexibility index (Phi) is 4.24. The fraction of sp³-hybridized carbons (Fsp3) is 0.250. The van der Waals surface area contributed by atoms with Crippen LogP contribution in [0.15, 0.2) is 30.4 Å². The molecule has 1 aromatic carbocycles. The molecule has 1 N–H and O–H groups in total. The van der Waals surface area contributed by atoms with E-state index in [9.17, 15) is 0 Å². The first-order valence-corrected chi connectivity index (χ1v) is 4.75. The molecule has 0 bridgehead atoms. The van der Waals surface area contributed by atoms with Gasteiger partial charge in [0, 0.05) is 12.6 Å². The highest BCUT2D eigenvalue weighted by Crippen LogP contribution is 2.24. The number of allylic oxidation sites excluding steroid dienone is 1. The van der Waals surface area contributed by atoms with Crippen molar-refractivity contribution in [3.05, 3.63) is 35.9 Å². The van der Waals surface area contributed by atoms with Gasteiger partial charge in [-0.1, -0.05) is 12.2 Å². The van der Waals surface area contributed by atoms with Gasteiger partial charge in [0.2, 0.25) is 0 Å². The Morgan fingerprint density at radius 3 is 2.93 bits per heavy atom. The Bertz CT molecular complexity index is 391. The second-order valence-electron chi connectivity index (χ2n) is 2.98. The molecule has 0 amide bonds. The second kappa shape index (κ2) is 5.71. The van der Waals surface area contributed by atoms with E-state index in [1.54, 1.807) is 19.2 Å². The number of ether oxygens (including phenoxy) is 1. The molecular formula is C12H14N2O. The zero-order chi connectivity index (χ0) is 11.1. The van der Waals surface area contributed by atoms with Crippen LogP contribution in [0.1, 0.15) is 12.5 Å². The number of nitriles is 1. The standard InChI is InChI=1S/C12H14N2O/c1-3-4-7-14-11-6-5-10(9-13)8-12(11)15-2/h3-6,8,14H,7H2,1-2H3/b4-3+. The van der Waals surface area contributed by atoms with Crippen molar-refractivity contribution in [2.75, 3.05) is 19.0 Å². The normalized spacial score (nSPS) is 9.93. The van der Waals surface area contributed by atoms with Crippen molar-refractivity contribution < 1.29 is 4.74 Å². The summed E-state index contributed by atoms with van der Waals surface area (Å²) >= 11 is 0. The van der Waals surface area contributed by atoms with Gasteiger partial charge in [0.1, 0.15) is 5.75 Å². The van der Waals surface area contributed by atoms with Gasteiger partial charge in [-0.05, 0) is 19.1 Å². The van der Waals surface area contributed by atoms with E-state index in [0.717, 1.165) is 12.2 Å². The topological polar surface area (TPSA) is 45.0 Å². The van der Waals surface area contributed by atoms with E-state index >= 15 is 0 Å². The minimum atomic E-state index is 0.600. The van der Waals surface area contributed by atoms with Crippen molar-refractivity contribution >= 4 is 5.69 Å². The fourth-order valence-electron chi connectivity index (χ4n) is 1.19. The predicted molar refractivity (Wildman–Crippen MR) is 61.0 cm³/mol. The number of anilines is 1. The SMILES string of the molecule is C/C=C/CNc1ccc(C#N)cc1OC. The summed E-state index contributed by atoms with van der Waals surface area (Å²) in [5.41, 5.74) is 1.50. The minimum absolute atomic E-state index is 0.600. The number of methoxy groups -OCH3 is 1. The highest BCUT2D eigenvalue weighted by molar-refractivity contribution is 5.59. The van der Waals surface area contributed by atoms with Crippen molar-refractivity contribution in [1.82, 2.24) is 0 Å². The van der Waals surface area contributed by atoms with Crippen LogP contribution in [0.3, 0.4) is 0 Å². The van der Waals surface area contributed by atoms with E-state index < -0.39 is 0 Å². The van der Waals surface area contributed by atoms with Crippen molar-refractivity contribution in [2.45, 2.75) is 6.92 Å². The summed E-state index contributed by atoms with van der Waals surface area (Å²) < 4.78 is 5.18. The molecule has 0 saturated carbocycles. The van der Waals surface area contributed by atoms with Crippen LogP contribution in [0, 0.1) is 11.3 Å². The number of rotatable bonds is 4. The van der Waals surface area contributed by atoms with Gasteiger partial charge < -0.3 is 10.1 Å². The fourth-order valence-corrected chi connectivity index (χ4v) is 1.19. The van der Waals surface area contributed by atoms with E-state index in [4.69, 9.17) is 10.00 Å². The van der Waals surface area contributed by atoms with E-state index in [1.165, 1.54) is 0 Å². The van der Waals surface area contributed by atoms with Gasteiger partial charge in [-0.15, -0.1) is 0 Å². The summed E-state index contributed by atoms with van der Waals surface area (Å²) in [5.74, 6) is 0.693. The van der Waals surface area contributed by atoms with Crippen LogP contribution < -0.4 is 10.1 Å². The highest BCUT2D eigenvalue weighted by Gasteiger charge is 2.02. The van der Waals surface area contributed by atoms with Gasteiger partial charge in [0.25, 0.3) is 0 Å². The van der Waals surface area contributed by atoms with Crippen LogP contribution >= 0.6 is 0 Å². The van der Waals surface area contributed by atoms with E-state index in [-0.39, 0.29) is 0 Å². The Labute approximate surface area is 90.0 Å². The summed E-state index contributed by atoms with van der Waals surface area (Å²) in [5, 5.41) is 11.9. The quantitative estimate of drug-likeness (QED) is 0.763. The Morgan fingerprint density at radius 2 is 2.33 bits per heavy atom. The van der Waals surface area contributed by atoms with E-state index in [0.29, 0.717) is 11.3 Å². The molecule has 0 heterocycles. The van der Waals surface area contributed by atoms with Crippen LogP contribution in [-0.2, 0) is 0 Å². The molecule has 0 aliphatic carbocycles. The number of nitrogens with zero attached hydrogens (tertiary/aromatic N) is 1.